The molecule has 0 saturated carbocycles. The van der Waals surface area contributed by atoms with Crippen LogP contribution in [0.4, 0.5) is 5.69 Å². The minimum atomic E-state index is 0.0203. The summed E-state index contributed by atoms with van der Waals surface area (Å²) in [4.78, 5) is 17.1. The first-order valence-corrected chi connectivity index (χ1v) is 10.6. The van der Waals surface area contributed by atoms with Gasteiger partial charge in [-0.2, -0.15) is 0 Å². The van der Waals surface area contributed by atoms with Gasteiger partial charge in [0.2, 0.25) is 0 Å². The number of anilines is 1. The molecule has 29 heavy (non-hydrogen) atoms. The molecule has 0 aliphatic carbocycles. The lowest BCUT2D eigenvalue weighted by Crippen LogP contribution is -2.28. The number of nitrogens with zero attached hydrogens (tertiary/aromatic N) is 2. The molecular formula is C24H30N2O3. The molecule has 5 heteroatoms. The normalized spacial score (nSPS) is 18.8. The Labute approximate surface area is 173 Å². The van der Waals surface area contributed by atoms with Gasteiger partial charge in [-0.05, 0) is 61.6 Å². The second kappa shape index (κ2) is 9.31. The van der Waals surface area contributed by atoms with Crippen molar-refractivity contribution in [2.45, 2.75) is 38.3 Å². The monoisotopic (exact) mass is 394 g/mol. The van der Waals surface area contributed by atoms with Crippen LogP contribution in [0.25, 0.3) is 0 Å². The van der Waals surface area contributed by atoms with E-state index in [2.05, 4.69) is 23.1 Å². The Hall–Kier alpha value is -2.53. The summed E-state index contributed by atoms with van der Waals surface area (Å²) < 4.78 is 11.4. The van der Waals surface area contributed by atoms with E-state index >= 15 is 0 Å². The summed E-state index contributed by atoms with van der Waals surface area (Å²) in [7, 11) is 1.87. The first-order valence-electron chi connectivity index (χ1n) is 10.6. The number of rotatable bonds is 7. The van der Waals surface area contributed by atoms with E-state index in [0.717, 1.165) is 38.3 Å². The van der Waals surface area contributed by atoms with E-state index in [4.69, 9.17) is 9.47 Å². The number of para-hydroxylation sites is 1. The summed E-state index contributed by atoms with van der Waals surface area (Å²) >= 11 is 0. The summed E-state index contributed by atoms with van der Waals surface area (Å²) in [5.41, 5.74) is 3.12. The maximum absolute atomic E-state index is 12.9. The maximum Gasteiger partial charge on any atom is 0.253 e. The molecule has 2 fully saturated rings. The molecular weight excluding hydrogens is 364 g/mol. The van der Waals surface area contributed by atoms with Crippen LogP contribution in [0, 0.1) is 0 Å². The van der Waals surface area contributed by atoms with Gasteiger partial charge in [-0.1, -0.05) is 18.2 Å². The lowest BCUT2D eigenvalue weighted by atomic mass is 10.1. The van der Waals surface area contributed by atoms with Gasteiger partial charge in [0, 0.05) is 44.5 Å². The van der Waals surface area contributed by atoms with Crippen molar-refractivity contribution in [3.63, 3.8) is 0 Å². The topological polar surface area (TPSA) is 42.0 Å². The second-order valence-electron chi connectivity index (χ2n) is 7.95. The Morgan fingerprint density at radius 3 is 2.59 bits per heavy atom. The molecule has 154 valence electrons. The predicted molar refractivity (Wildman–Crippen MR) is 115 cm³/mol. The molecule has 2 aliphatic heterocycles. The van der Waals surface area contributed by atoms with Crippen molar-refractivity contribution in [3.05, 3.63) is 59.7 Å². The van der Waals surface area contributed by atoms with Crippen molar-refractivity contribution in [3.8, 4) is 5.75 Å². The van der Waals surface area contributed by atoms with Crippen LogP contribution in [0.5, 0.6) is 5.75 Å². The number of hydrogen-bond acceptors (Lipinski definition) is 4. The lowest BCUT2D eigenvalue weighted by molar-refractivity contribution is 0.0679. The van der Waals surface area contributed by atoms with Crippen LogP contribution in [-0.2, 0) is 11.3 Å². The van der Waals surface area contributed by atoms with E-state index in [-0.39, 0.29) is 12.0 Å². The Kier molecular flexibility index (Phi) is 6.35. The molecule has 2 aromatic rings. The van der Waals surface area contributed by atoms with Crippen LogP contribution in [0.2, 0.25) is 0 Å². The molecule has 0 radical (unpaired) electrons. The smallest absolute Gasteiger partial charge is 0.253 e. The Morgan fingerprint density at radius 1 is 1.10 bits per heavy atom. The van der Waals surface area contributed by atoms with Gasteiger partial charge < -0.3 is 19.3 Å². The van der Waals surface area contributed by atoms with Gasteiger partial charge in [0.25, 0.3) is 5.91 Å². The van der Waals surface area contributed by atoms with Crippen molar-refractivity contribution in [2.24, 2.45) is 0 Å². The van der Waals surface area contributed by atoms with E-state index in [1.54, 1.807) is 4.90 Å². The molecule has 5 nitrogen and oxygen atoms in total. The van der Waals surface area contributed by atoms with E-state index in [1.165, 1.54) is 24.1 Å². The van der Waals surface area contributed by atoms with Crippen molar-refractivity contribution in [2.75, 3.05) is 38.3 Å². The Bertz CT molecular complexity index is 809. The van der Waals surface area contributed by atoms with Crippen LogP contribution >= 0.6 is 0 Å². The number of ether oxygens (including phenoxy) is 2. The molecule has 1 unspecified atom stereocenters. The van der Waals surface area contributed by atoms with Gasteiger partial charge in [-0.3, -0.25) is 4.79 Å². The van der Waals surface area contributed by atoms with E-state index in [1.807, 2.05) is 37.4 Å². The van der Waals surface area contributed by atoms with Crippen molar-refractivity contribution in [1.29, 1.82) is 0 Å². The Balaban J connectivity index is 1.36. The zero-order valence-corrected chi connectivity index (χ0v) is 17.2. The van der Waals surface area contributed by atoms with Gasteiger partial charge in [0.15, 0.2) is 0 Å². The average molecular weight is 395 g/mol. The highest BCUT2D eigenvalue weighted by Crippen LogP contribution is 2.26. The molecule has 2 heterocycles. The predicted octanol–water partition coefficient (Wildman–Crippen LogP) is 4.12. The molecule has 0 N–H and O–H groups in total. The van der Waals surface area contributed by atoms with Gasteiger partial charge in [-0.15, -0.1) is 0 Å². The van der Waals surface area contributed by atoms with E-state index < -0.39 is 0 Å². The largest absolute Gasteiger partial charge is 0.491 e. The highest BCUT2D eigenvalue weighted by Gasteiger charge is 2.19. The third kappa shape index (κ3) is 4.91. The van der Waals surface area contributed by atoms with Gasteiger partial charge in [-0.25, -0.2) is 0 Å². The Morgan fingerprint density at radius 2 is 1.86 bits per heavy atom. The molecule has 2 aromatic carbocycles. The van der Waals surface area contributed by atoms with Crippen molar-refractivity contribution < 1.29 is 14.3 Å². The highest BCUT2D eigenvalue weighted by atomic mass is 16.5. The molecule has 2 aliphatic rings. The summed E-state index contributed by atoms with van der Waals surface area (Å²) in [6.07, 6.45) is 4.84. The van der Waals surface area contributed by atoms with Gasteiger partial charge in [0.05, 0.1) is 6.10 Å². The second-order valence-corrected chi connectivity index (χ2v) is 7.95. The third-order valence-electron chi connectivity index (χ3n) is 5.75. The number of carbonyl (C=O) groups excluding carboxylic acids is 1. The fourth-order valence-corrected chi connectivity index (χ4v) is 4.12. The quantitative estimate of drug-likeness (QED) is 0.709. The van der Waals surface area contributed by atoms with Crippen LogP contribution in [-0.4, -0.2) is 50.3 Å². The van der Waals surface area contributed by atoms with Crippen molar-refractivity contribution >= 4 is 11.6 Å². The molecule has 1 atom stereocenters. The highest BCUT2D eigenvalue weighted by molar-refractivity contribution is 5.94. The molecule has 0 spiro atoms. The summed E-state index contributed by atoms with van der Waals surface area (Å²) in [6.45, 7) is 4.20. The summed E-state index contributed by atoms with van der Waals surface area (Å²) in [5.74, 6) is 0.797. The number of benzene rings is 2. The van der Waals surface area contributed by atoms with E-state index in [0.29, 0.717) is 18.7 Å². The molecule has 0 bridgehead atoms. The molecule has 2 saturated heterocycles. The van der Waals surface area contributed by atoms with Gasteiger partial charge >= 0.3 is 0 Å². The minimum Gasteiger partial charge on any atom is -0.491 e. The minimum absolute atomic E-state index is 0.0203. The number of carbonyl (C=O) groups is 1. The first kappa shape index (κ1) is 19.8. The zero-order chi connectivity index (χ0) is 20.1. The molecule has 1 amide bonds. The summed E-state index contributed by atoms with van der Waals surface area (Å²) in [6, 6.07) is 15.8. The number of hydrogen-bond donors (Lipinski definition) is 0. The van der Waals surface area contributed by atoms with Gasteiger partial charge in [0.1, 0.15) is 12.4 Å². The standard InChI is InChI=1S/C24H30N2O3/c1-25(17-20-7-2-3-9-23(20)26-14-4-5-15-26)24(27)19-10-12-21(13-11-19)29-18-22-8-6-16-28-22/h2-3,7,9-13,22H,4-6,8,14-18H2,1H3. The van der Waals surface area contributed by atoms with E-state index in [9.17, 15) is 4.79 Å². The maximum atomic E-state index is 12.9. The fraction of sp³-hybridized carbons (Fsp3) is 0.458. The SMILES string of the molecule is CN(Cc1ccccc1N1CCCC1)C(=O)c1ccc(OCC2CCCO2)cc1. The van der Waals surface area contributed by atoms with Crippen LogP contribution in [0.1, 0.15) is 41.6 Å². The molecule has 0 aromatic heterocycles. The lowest BCUT2D eigenvalue weighted by Gasteiger charge is -2.24. The fourth-order valence-electron chi connectivity index (χ4n) is 4.12. The van der Waals surface area contributed by atoms with Crippen LogP contribution in [0.15, 0.2) is 48.5 Å². The zero-order valence-electron chi connectivity index (χ0n) is 17.2. The average Bonchev–Trinajstić information content (AvgIpc) is 3.47. The molecule has 4 rings (SSSR count). The van der Waals surface area contributed by atoms with Crippen LogP contribution < -0.4 is 9.64 Å². The van der Waals surface area contributed by atoms with Crippen molar-refractivity contribution in [1.82, 2.24) is 4.90 Å². The summed E-state index contributed by atoms with van der Waals surface area (Å²) in [5, 5.41) is 0. The first-order chi connectivity index (χ1) is 14.2. The van der Waals surface area contributed by atoms with Crippen LogP contribution in [0.3, 0.4) is 0 Å². The number of amides is 1. The third-order valence-corrected chi connectivity index (χ3v) is 5.75.